The molecule has 0 saturated carbocycles. The highest BCUT2D eigenvalue weighted by Gasteiger charge is 2.16. The largest absolute Gasteiger partial charge is 0.322 e. The molecule has 3 rings (SSSR count). The number of carbonyl (C=O) groups is 1. The lowest BCUT2D eigenvalue weighted by molar-refractivity contribution is 0.102. The van der Waals surface area contributed by atoms with E-state index in [1.54, 1.807) is 18.2 Å². The van der Waals surface area contributed by atoms with Gasteiger partial charge in [-0.25, -0.2) is 19.3 Å². The average Bonchev–Trinajstić information content (AvgIpc) is 3.10. The summed E-state index contributed by atoms with van der Waals surface area (Å²) in [6, 6.07) is 11.7. The van der Waals surface area contributed by atoms with Crippen molar-refractivity contribution in [3.05, 3.63) is 59.2 Å². The molecule has 1 saturated heterocycles. The van der Waals surface area contributed by atoms with Crippen LogP contribution < -0.4 is 27.2 Å². The summed E-state index contributed by atoms with van der Waals surface area (Å²) in [5, 5.41) is 2.77. The van der Waals surface area contributed by atoms with Crippen molar-refractivity contribution >= 4 is 21.4 Å². The topological polar surface area (TPSA) is 111 Å². The smallest absolute Gasteiger partial charge is 0.255 e. The highest BCUT2D eigenvalue weighted by atomic mass is 32.2. The van der Waals surface area contributed by atoms with E-state index in [2.05, 4.69) is 27.2 Å². The quantitative estimate of drug-likeness (QED) is 0.547. The monoisotopic (exact) mass is 361 g/mol. The minimum Gasteiger partial charge on any atom is -0.322 e. The van der Waals surface area contributed by atoms with Crippen molar-refractivity contribution in [1.82, 2.24) is 21.9 Å². The lowest BCUT2D eigenvalue weighted by atomic mass is 10.1. The van der Waals surface area contributed by atoms with Crippen molar-refractivity contribution in [2.24, 2.45) is 0 Å². The minimum absolute atomic E-state index is 0.106. The van der Waals surface area contributed by atoms with Crippen LogP contribution >= 0.6 is 0 Å². The van der Waals surface area contributed by atoms with Gasteiger partial charge in [-0.05, 0) is 42.3 Å². The zero-order chi connectivity index (χ0) is 18.0. The van der Waals surface area contributed by atoms with Gasteiger partial charge in [-0.1, -0.05) is 18.2 Å². The van der Waals surface area contributed by atoms with E-state index < -0.39 is 9.84 Å². The molecule has 0 aromatic heterocycles. The number of amides is 1. The second-order valence-electron chi connectivity index (χ2n) is 5.80. The summed E-state index contributed by atoms with van der Waals surface area (Å²) in [7, 11) is -3.33. The van der Waals surface area contributed by atoms with Crippen LogP contribution in [0.3, 0.4) is 0 Å². The number of carbonyl (C=O) groups excluding carboxylic acids is 1. The second kappa shape index (κ2) is 6.90. The summed E-state index contributed by atoms with van der Waals surface area (Å²) in [5.74, 6) is -0.302. The van der Waals surface area contributed by atoms with Crippen molar-refractivity contribution < 1.29 is 13.2 Å². The van der Waals surface area contributed by atoms with Crippen LogP contribution in [0.4, 0.5) is 5.69 Å². The first kappa shape index (κ1) is 17.5. The Balaban J connectivity index is 1.78. The van der Waals surface area contributed by atoms with E-state index in [9.17, 15) is 13.2 Å². The van der Waals surface area contributed by atoms with Gasteiger partial charge in [0.1, 0.15) is 6.17 Å². The summed E-state index contributed by atoms with van der Waals surface area (Å²) in [6.45, 7) is 1.81. The number of benzene rings is 2. The normalized spacial score (nSPS) is 15.3. The fourth-order valence-electron chi connectivity index (χ4n) is 2.41. The Hall–Kier alpha value is -2.30. The molecular formula is C16H19N5O3S. The average molecular weight is 361 g/mol. The maximum absolute atomic E-state index is 12.4. The van der Waals surface area contributed by atoms with E-state index in [0.717, 1.165) is 17.4 Å². The van der Waals surface area contributed by atoms with Crippen LogP contribution in [0.1, 0.15) is 27.7 Å². The minimum atomic E-state index is -3.33. The molecule has 1 amide bonds. The first-order valence-corrected chi connectivity index (χ1v) is 9.47. The van der Waals surface area contributed by atoms with E-state index in [-0.39, 0.29) is 17.0 Å². The predicted molar refractivity (Wildman–Crippen MR) is 94.0 cm³/mol. The molecule has 1 aliphatic heterocycles. The highest BCUT2D eigenvalue weighted by molar-refractivity contribution is 7.90. The van der Waals surface area contributed by atoms with Gasteiger partial charge in [-0.15, -0.1) is 0 Å². The van der Waals surface area contributed by atoms with Crippen LogP contribution in [0.25, 0.3) is 0 Å². The SMILES string of the molecule is Cc1ccc(S(C)(=O)=O)cc1NC(=O)c1ccc(C2NNNN2)cc1. The van der Waals surface area contributed by atoms with Gasteiger partial charge in [0.15, 0.2) is 9.84 Å². The Morgan fingerprint density at radius 3 is 2.28 bits per heavy atom. The van der Waals surface area contributed by atoms with Gasteiger partial charge in [-0.3, -0.25) is 4.79 Å². The summed E-state index contributed by atoms with van der Waals surface area (Å²) in [4.78, 5) is 12.6. The molecule has 0 spiro atoms. The van der Waals surface area contributed by atoms with Crippen LogP contribution in [0, 0.1) is 6.92 Å². The Morgan fingerprint density at radius 1 is 1.04 bits per heavy atom. The third kappa shape index (κ3) is 4.03. The molecule has 8 nitrogen and oxygen atoms in total. The Morgan fingerprint density at radius 2 is 1.68 bits per heavy atom. The van der Waals surface area contributed by atoms with Crippen LogP contribution in [-0.2, 0) is 9.84 Å². The number of sulfone groups is 1. The molecule has 9 heteroatoms. The number of hydrogen-bond acceptors (Lipinski definition) is 7. The summed E-state index contributed by atoms with van der Waals surface area (Å²) in [5.41, 5.74) is 14.1. The maximum atomic E-state index is 12.4. The number of hydrazine groups is 3. The van der Waals surface area contributed by atoms with Gasteiger partial charge in [0.25, 0.3) is 5.91 Å². The molecular weight excluding hydrogens is 342 g/mol. The zero-order valence-electron chi connectivity index (χ0n) is 13.8. The number of nitrogens with one attached hydrogen (secondary N) is 5. The summed E-state index contributed by atoms with van der Waals surface area (Å²) >= 11 is 0. The van der Waals surface area contributed by atoms with Gasteiger partial charge in [0.2, 0.25) is 0 Å². The first-order valence-electron chi connectivity index (χ1n) is 7.58. The Labute approximate surface area is 145 Å². The predicted octanol–water partition coefficient (Wildman–Crippen LogP) is 0.766. The van der Waals surface area contributed by atoms with E-state index >= 15 is 0 Å². The Bertz CT molecular complexity index is 890. The van der Waals surface area contributed by atoms with Crippen molar-refractivity contribution in [2.45, 2.75) is 18.0 Å². The molecule has 0 unspecified atom stereocenters. The molecule has 0 aliphatic carbocycles. The standard InChI is InChI=1S/C16H19N5O3S/c1-10-3-8-13(25(2,23)24)9-14(10)17-16(22)12-6-4-11(5-7-12)15-18-20-21-19-15/h3-9,15,18-21H,1-2H3,(H,17,22). The van der Waals surface area contributed by atoms with Crippen molar-refractivity contribution in [3.63, 3.8) is 0 Å². The van der Waals surface area contributed by atoms with Gasteiger partial charge >= 0.3 is 0 Å². The van der Waals surface area contributed by atoms with Crippen molar-refractivity contribution in [2.75, 3.05) is 11.6 Å². The lowest BCUT2D eigenvalue weighted by Crippen LogP contribution is -2.33. The fraction of sp³-hybridized carbons (Fsp3) is 0.188. The van der Waals surface area contributed by atoms with Crippen LogP contribution in [0.15, 0.2) is 47.4 Å². The molecule has 0 bridgehead atoms. The number of aryl methyl sites for hydroxylation is 1. The maximum Gasteiger partial charge on any atom is 0.255 e. The van der Waals surface area contributed by atoms with Gasteiger partial charge in [-0.2, -0.15) is 11.1 Å². The van der Waals surface area contributed by atoms with Gasteiger partial charge in [0, 0.05) is 17.5 Å². The molecule has 1 aliphatic rings. The third-order valence-electron chi connectivity index (χ3n) is 3.89. The molecule has 2 aromatic carbocycles. The fourth-order valence-corrected chi connectivity index (χ4v) is 3.05. The first-order chi connectivity index (χ1) is 11.8. The van der Waals surface area contributed by atoms with Crippen molar-refractivity contribution in [1.29, 1.82) is 0 Å². The number of hydrogen-bond donors (Lipinski definition) is 5. The molecule has 5 N–H and O–H groups in total. The van der Waals surface area contributed by atoms with Gasteiger partial charge < -0.3 is 5.32 Å². The molecule has 132 valence electrons. The van der Waals surface area contributed by atoms with Crippen LogP contribution in [0.5, 0.6) is 0 Å². The molecule has 25 heavy (non-hydrogen) atoms. The van der Waals surface area contributed by atoms with Crippen LogP contribution in [0.2, 0.25) is 0 Å². The Kier molecular flexibility index (Phi) is 4.84. The molecule has 0 radical (unpaired) electrons. The third-order valence-corrected chi connectivity index (χ3v) is 5.00. The molecule has 1 heterocycles. The molecule has 1 fully saturated rings. The zero-order valence-corrected chi connectivity index (χ0v) is 14.6. The van der Waals surface area contributed by atoms with E-state index in [1.807, 2.05) is 19.1 Å². The van der Waals surface area contributed by atoms with Crippen LogP contribution in [-0.4, -0.2) is 20.6 Å². The molecule has 2 aromatic rings. The van der Waals surface area contributed by atoms with Crippen molar-refractivity contribution in [3.8, 4) is 0 Å². The summed E-state index contributed by atoms with van der Waals surface area (Å²) < 4.78 is 23.4. The highest BCUT2D eigenvalue weighted by Crippen LogP contribution is 2.21. The second-order valence-corrected chi connectivity index (χ2v) is 7.81. The van der Waals surface area contributed by atoms with E-state index in [4.69, 9.17) is 0 Å². The van der Waals surface area contributed by atoms with E-state index in [0.29, 0.717) is 11.3 Å². The number of rotatable bonds is 4. The molecule has 0 atom stereocenters. The number of anilines is 1. The summed E-state index contributed by atoms with van der Waals surface area (Å²) in [6.07, 6.45) is 1.03. The lowest BCUT2D eigenvalue weighted by Gasteiger charge is -2.12. The van der Waals surface area contributed by atoms with E-state index in [1.165, 1.54) is 12.1 Å². The van der Waals surface area contributed by atoms with Gasteiger partial charge in [0.05, 0.1) is 4.90 Å².